The Morgan fingerprint density at radius 2 is 1.94 bits per heavy atom. The summed E-state index contributed by atoms with van der Waals surface area (Å²) in [4.78, 5) is 38.6. The fraction of sp³-hybridized carbons (Fsp3) is 0.318. The summed E-state index contributed by atoms with van der Waals surface area (Å²) in [6.07, 6.45) is -0.00730. The van der Waals surface area contributed by atoms with E-state index in [0.717, 1.165) is 10.0 Å². The molecule has 0 bridgehead atoms. The Morgan fingerprint density at radius 3 is 2.61 bits per heavy atom. The van der Waals surface area contributed by atoms with Gasteiger partial charge in [-0.25, -0.2) is 0 Å². The molecule has 164 valence electrons. The summed E-state index contributed by atoms with van der Waals surface area (Å²) in [7, 11) is 3.03. The summed E-state index contributed by atoms with van der Waals surface area (Å²) in [5.74, 6) is -0.897. The van der Waals surface area contributed by atoms with Crippen LogP contribution in [0.15, 0.2) is 40.9 Å². The maximum Gasteiger partial charge on any atom is 0.311 e. The molecule has 3 rings (SSSR count). The topological polar surface area (TPSA) is 94.2 Å². The van der Waals surface area contributed by atoms with Crippen LogP contribution in [0.25, 0.3) is 0 Å². The molecule has 1 aliphatic rings. The van der Waals surface area contributed by atoms with Crippen LogP contribution in [-0.2, 0) is 19.1 Å². The van der Waals surface area contributed by atoms with Crippen LogP contribution in [0.3, 0.4) is 0 Å². The minimum Gasteiger partial charge on any atom is -0.497 e. The maximum atomic E-state index is 12.5. The van der Waals surface area contributed by atoms with Crippen LogP contribution < -0.4 is 19.7 Å². The number of rotatable bonds is 7. The Balaban J connectivity index is 1.60. The highest BCUT2D eigenvalue weighted by atomic mass is 79.9. The first-order chi connectivity index (χ1) is 14.8. The van der Waals surface area contributed by atoms with Crippen molar-refractivity contribution in [1.29, 1.82) is 0 Å². The number of aryl methyl sites for hydroxylation is 1. The molecule has 8 nitrogen and oxygen atoms in total. The molecule has 1 aliphatic heterocycles. The maximum absolute atomic E-state index is 12.5. The first-order valence-electron chi connectivity index (χ1n) is 9.57. The second-order valence-corrected chi connectivity index (χ2v) is 7.97. The van der Waals surface area contributed by atoms with Gasteiger partial charge in [0.15, 0.2) is 6.61 Å². The molecule has 1 saturated heterocycles. The lowest BCUT2D eigenvalue weighted by Gasteiger charge is -2.20. The average molecular weight is 491 g/mol. The Hall–Kier alpha value is -3.07. The normalized spacial score (nSPS) is 15.5. The summed E-state index contributed by atoms with van der Waals surface area (Å²) in [5, 5.41) is 2.71. The SMILES string of the molecule is COc1ccc(OC)c(N2C[C@H](C(=O)OCC(=O)Nc3ccc(Br)cc3C)CC2=O)c1. The molecule has 2 aromatic rings. The minimum atomic E-state index is -0.675. The molecule has 0 saturated carbocycles. The Kier molecular flexibility index (Phi) is 7.17. The lowest BCUT2D eigenvalue weighted by molar-refractivity contribution is -0.151. The Morgan fingerprint density at radius 1 is 1.16 bits per heavy atom. The highest BCUT2D eigenvalue weighted by Gasteiger charge is 2.37. The van der Waals surface area contributed by atoms with Gasteiger partial charge >= 0.3 is 5.97 Å². The second-order valence-electron chi connectivity index (χ2n) is 7.06. The molecular formula is C22H23BrN2O6. The van der Waals surface area contributed by atoms with Gasteiger partial charge in [-0.3, -0.25) is 14.4 Å². The Bertz CT molecular complexity index is 1010. The summed E-state index contributed by atoms with van der Waals surface area (Å²) in [6.45, 7) is 1.56. The molecule has 1 heterocycles. The van der Waals surface area contributed by atoms with E-state index in [2.05, 4.69) is 21.2 Å². The molecule has 1 fully saturated rings. The summed E-state index contributed by atoms with van der Waals surface area (Å²) in [5.41, 5.74) is 2.03. The van der Waals surface area contributed by atoms with Gasteiger partial charge in [0.25, 0.3) is 5.91 Å². The fourth-order valence-corrected chi connectivity index (χ4v) is 3.79. The molecular weight excluding hydrogens is 468 g/mol. The van der Waals surface area contributed by atoms with E-state index in [-0.39, 0.29) is 18.9 Å². The molecule has 9 heteroatoms. The number of halogens is 1. The zero-order valence-corrected chi connectivity index (χ0v) is 19.0. The lowest BCUT2D eigenvalue weighted by atomic mass is 10.1. The van der Waals surface area contributed by atoms with Gasteiger partial charge in [0.2, 0.25) is 5.91 Å². The summed E-state index contributed by atoms with van der Waals surface area (Å²) < 4.78 is 16.6. The van der Waals surface area contributed by atoms with Crippen LogP contribution in [0.4, 0.5) is 11.4 Å². The van der Waals surface area contributed by atoms with Crippen molar-refractivity contribution in [3.63, 3.8) is 0 Å². The van der Waals surface area contributed by atoms with Gasteiger partial charge in [0.1, 0.15) is 11.5 Å². The third kappa shape index (κ3) is 5.35. The van der Waals surface area contributed by atoms with Crippen molar-refractivity contribution >= 4 is 45.1 Å². The van der Waals surface area contributed by atoms with E-state index in [1.807, 2.05) is 13.0 Å². The van der Waals surface area contributed by atoms with Gasteiger partial charge < -0.3 is 24.4 Å². The number of anilines is 2. The number of hydrogen-bond donors (Lipinski definition) is 1. The number of hydrogen-bond acceptors (Lipinski definition) is 6. The van der Waals surface area contributed by atoms with E-state index in [4.69, 9.17) is 14.2 Å². The highest BCUT2D eigenvalue weighted by molar-refractivity contribution is 9.10. The van der Waals surface area contributed by atoms with Crippen molar-refractivity contribution in [3.8, 4) is 11.5 Å². The van der Waals surface area contributed by atoms with Crippen LogP contribution in [0, 0.1) is 12.8 Å². The van der Waals surface area contributed by atoms with Crippen molar-refractivity contribution in [1.82, 2.24) is 0 Å². The zero-order chi connectivity index (χ0) is 22.5. The zero-order valence-electron chi connectivity index (χ0n) is 17.4. The van der Waals surface area contributed by atoms with Crippen molar-refractivity contribution in [2.45, 2.75) is 13.3 Å². The number of carbonyl (C=O) groups is 3. The second kappa shape index (κ2) is 9.82. The summed E-state index contributed by atoms with van der Waals surface area (Å²) in [6, 6.07) is 10.5. The third-order valence-corrected chi connectivity index (χ3v) is 5.44. The fourth-order valence-electron chi connectivity index (χ4n) is 3.31. The molecule has 0 radical (unpaired) electrons. The van der Waals surface area contributed by atoms with E-state index >= 15 is 0 Å². The number of methoxy groups -OCH3 is 2. The number of ether oxygens (including phenoxy) is 3. The number of nitrogens with one attached hydrogen (secondary N) is 1. The largest absolute Gasteiger partial charge is 0.497 e. The van der Waals surface area contributed by atoms with Gasteiger partial charge in [-0.2, -0.15) is 0 Å². The molecule has 1 N–H and O–H groups in total. The standard InChI is InChI=1S/C22H23BrN2O6/c1-13-8-15(23)4-6-17(13)24-20(26)12-31-22(28)14-9-21(27)25(11-14)18-10-16(29-2)5-7-19(18)30-3/h4-8,10,14H,9,11-12H2,1-3H3,(H,24,26)/t14-/m1/s1. The number of carbonyl (C=O) groups excluding carboxylic acids is 3. The molecule has 2 aromatic carbocycles. The van der Waals surface area contributed by atoms with E-state index in [0.29, 0.717) is 22.9 Å². The van der Waals surface area contributed by atoms with Crippen LogP contribution in [0.5, 0.6) is 11.5 Å². The van der Waals surface area contributed by atoms with Gasteiger partial charge in [0.05, 0.1) is 25.8 Å². The van der Waals surface area contributed by atoms with Crippen molar-refractivity contribution < 1.29 is 28.6 Å². The molecule has 0 unspecified atom stereocenters. The molecule has 2 amide bonds. The van der Waals surface area contributed by atoms with E-state index in [1.54, 1.807) is 30.3 Å². The number of nitrogens with zero attached hydrogens (tertiary/aromatic N) is 1. The van der Waals surface area contributed by atoms with Gasteiger partial charge in [-0.15, -0.1) is 0 Å². The third-order valence-electron chi connectivity index (χ3n) is 4.94. The Labute approximate surface area is 188 Å². The minimum absolute atomic E-state index is 0.00730. The number of amides is 2. The number of benzene rings is 2. The highest BCUT2D eigenvalue weighted by Crippen LogP contribution is 2.36. The van der Waals surface area contributed by atoms with Gasteiger partial charge in [-0.05, 0) is 42.8 Å². The van der Waals surface area contributed by atoms with Crippen molar-refractivity contribution in [3.05, 3.63) is 46.4 Å². The van der Waals surface area contributed by atoms with Crippen LogP contribution >= 0.6 is 15.9 Å². The predicted octanol–water partition coefficient (Wildman–Crippen LogP) is 3.31. The monoisotopic (exact) mass is 490 g/mol. The molecule has 0 aliphatic carbocycles. The van der Waals surface area contributed by atoms with Gasteiger partial charge in [-0.1, -0.05) is 15.9 Å². The molecule has 0 aromatic heterocycles. The van der Waals surface area contributed by atoms with Crippen LogP contribution in [-0.4, -0.2) is 45.2 Å². The average Bonchev–Trinajstić information content (AvgIpc) is 3.15. The number of esters is 1. The first-order valence-corrected chi connectivity index (χ1v) is 10.4. The van der Waals surface area contributed by atoms with E-state index < -0.39 is 24.4 Å². The summed E-state index contributed by atoms with van der Waals surface area (Å²) >= 11 is 3.37. The molecule has 0 spiro atoms. The van der Waals surface area contributed by atoms with Crippen molar-refractivity contribution in [2.75, 3.05) is 37.6 Å². The van der Waals surface area contributed by atoms with Crippen LogP contribution in [0.2, 0.25) is 0 Å². The van der Waals surface area contributed by atoms with Gasteiger partial charge in [0, 0.05) is 29.2 Å². The molecule has 1 atom stereocenters. The van der Waals surface area contributed by atoms with E-state index in [1.165, 1.54) is 19.1 Å². The smallest absolute Gasteiger partial charge is 0.311 e. The van der Waals surface area contributed by atoms with E-state index in [9.17, 15) is 14.4 Å². The quantitative estimate of drug-likeness (QED) is 0.598. The lowest BCUT2D eigenvalue weighted by Crippen LogP contribution is -2.28. The predicted molar refractivity (Wildman–Crippen MR) is 118 cm³/mol. The van der Waals surface area contributed by atoms with Crippen LogP contribution in [0.1, 0.15) is 12.0 Å². The van der Waals surface area contributed by atoms with Crippen molar-refractivity contribution in [2.24, 2.45) is 5.92 Å². The first kappa shape index (κ1) is 22.6. The molecule has 31 heavy (non-hydrogen) atoms.